The van der Waals surface area contributed by atoms with Gasteiger partial charge in [0.2, 0.25) is 0 Å². The maximum Gasteiger partial charge on any atom is 0.0630 e. The summed E-state index contributed by atoms with van der Waals surface area (Å²) >= 11 is 7.42. The summed E-state index contributed by atoms with van der Waals surface area (Å²) in [5, 5.41) is 0. The molecule has 0 heterocycles. The lowest BCUT2D eigenvalue weighted by atomic mass is 10.1. The Morgan fingerprint density at radius 2 is 2.00 bits per heavy atom. The van der Waals surface area contributed by atoms with Crippen LogP contribution < -0.4 is 0 Å². The van der Waals surface area contributed by atoms with Crippen LogP contribution in [0.2, 0.25) is 0 Å². The molecule has 11 heavy (non-hydrogen) atoms. The molecule has 0 atom stereocenters. The number of thioether (sulfide) groups is 1. The molecule has 0 rings (SSSR count). The van der Waals surface area contributed by atoms with Crippen LogP contribution in [0.3, 0.4) is 0 Å². The zero-order valence-electron chi connectivity index (χ0n) is 7.52. The number of ether oxygens (including phenoxy) is 1. The summed E-state index contributed by atoms with van der Waals surface area (Å²) in [5.41, 5.74) is 0.0271. The van der Waals surface area contributed by atoms with Crippen LogP contribution >= 0.6 is 23.4 Å². The second-order valence-electron chi connectivity index (χ2n) is 3.02. The average molecular weight is 197 g/mol. The molecule has 0 amide bonds. The molecule has 0 aliphatic heterocycles. The van der Waals surface area contributed by atoms with Crippen molar-refractivity contribution < 1.29 is 4.74 Å². The molecule has 0 aliphatic rings. The number of hydrogen-bond acceptors (Lipinski definition) is 2. The van der Waals surface area contributed by atoms with Crippen molar-refractivity contribution >= 4 is 23.4 Å². The molecule has 0 spiro atoms. The van der Waals surface area contributed by atoms with Gasteiger partial charge in [-0.2, -0.15) is 11.8 Å². The van der Waals surface area contributed by atoms with Gasteiger partial charge in [-0.25, -0.2) is 0 Å². The predicted molar refractivity (Wildman–Crippen MR) is 53.8 cm³/mol. The third-order valence-corrected chi connectivity index (χ3v) is 3.02. The van der Waals surface area contributed by atoms with E-state index in [4.69, 9.17) is 16.3 Å². The molecule has 0 radical (unpaired) electrons. The molecule has 0 fully saturated rings. The molecule has 0 aromatic rings. The van der Waals surface area contributed by atoms with E-state index in [0.717, 1.165) is 23.8 Å². The minimum absolute atomic E-state index is 0.0271. The van der Waals surface area contributed by atoms with Gasteiger partial charge in [0.05, 0.1) is 5.60 Å². The van der Waals surface area contributed by atoms with Crippen LogP contribution in [0.15, 0.2) is 0 Å². The summed E-state index contributed by atoms with van der Waals surface area (Å²) in [6, 6.07) is 0. The first-order chi connectivity index (χ1) is 5.12. The minimum Gasteiger partial charge on any atom is -0.379 e. The predicted octanol–water partition coefficient (Wildman–Crippen LogP) is 2.77. The van der Waals surface area contributed by atoms with Crippen LogP contribution in [0.1, 0.15) is 20.3 Å². The van der Waals surface area contributed by atoms with Crippen LogP contribution in [-0.2, 0) is 4.74 Å². The fourth-order valence-corrected chi connectivity index (χ4v) is 1.85. The van der Waals surface area contributed by atoms with Crippen molar-refractivity contribution in [1.29, 1.82) is 0 Å². The normalized spacial score (nSPS) is 12.0. The topological polar surface area (TPSA) is 9.23 Å². The highest BCUT2D eigenvalue weighted by molar-refractivity contribution is 7.99. The summed E-state index contributed by atoms with van der Waals surface area (Å²) < 4.78 is 5.27. The number of halogens is 1. The number of alkyl halides is 1. The third-order valence-electron chi connectivity index (χ3n) is 1.62. The first-order valence-electron chi connectivity index (χ1n) is 3.81. The van der Waals surface area contributed by atoms with Crippen LogP contribution in [0, 0.1) is 0 Å². The van der Waals surface area contributed by atoms with Gasteiger partial charge in [0.15, 0.2) is 0 Å². The maximum atomic E-state index is 5.53. The Bertz CT molecular complexity index is 96.1. The molecule has 0 saturated heterocycles. The molecular weight excluding hydrogens is 180 g/mol. The van der Waals surface area contributed by atoms with Crippen molar-refractivity contribution in [3.63, 3.8) is 0 Å². The largest absolute Gasteiger partial charge is 0.379 e. The first-order valence-corrected chi connectivity index (χ1v) is 5.50. The SMILES string of the molecule is COC(C)(C)CCSCCCl. The Labute approximate surface area is 78.8 Å². The highest BCUT2D eigenvalue weighted by atomic mass is 35.5. The van der Waals surface area contributed by atoms with Gasteiger partial charge in [0.1, 0.15) is 0 Å². The number of rotatable bonds is 6. The molecule has 0 saturated carbocycles. The van der Waals surface area contributed by atoms with E-state index in [2.05, 4.69) is 13.8 Å². The average Bonchev–Trinajstić information content (AvgIpc) is 1.99. The van der Waals surface area contributed by atoms with E-state index in [0.29, 0.717) is 0 Å². The zero-order valence-corrected chi connectivity index (χ0v) is 9.10. The zero-order chi connectivity index (χ0) is 8.74. The Kier molecular flexibility index (Phi) is 6.49. The van der Waals surface area contributed by atoms with Gasteiger partial charge in [-0.15, -0.1) is 11.6 Å². The van der Waals surface area contributed by atoms with Gasteiger partial charge in [-0.3, -0.25) is 0 Å². The van der Waals surface area contributed by atoms with Gasteiger partial charge in [0.25, 0.3) is 0 Å². The van der Waals surface area contributed by atoms with E-state index in [1.807, 2.05) is 11.8 Å². The Hall–Kier alpha value is 0.600. The van der Waals surface area contributed by atoms with Crippen LogP contribution in [-0.4, -0.2) is 30.1 Å². The molecule has 0 bridgehead atoms. The van der Waals surface area contributed by atoms with Crippen molar-refractivity contribution in [2.24, 2.45) is 0 Å². The monoisotopic (exact) mass is 196 g/mol. The molecule has 1 nitrogen and oxygen atoms in total. The second-order valence-corrected chi connectivity index (χ2v) is 4.62. The molecule has 0 N–H and O–H groups in total. The van der Waals surface area contributed by atoms with Crippen molar-refractivity contribution in [3.8, 4) is 0 Å². The lowest BCUT2D eigenvalue weighted by Gasteiger charge is -2.22. The molecule has 0 aromatic heterocycles. The Balaban J connectivity index is 3.23. The summed E-state index contributed by atoms with van der Waals surface area (Å²) in [6.07, 6.45) is 1.09. The molecule has 0 aliphatic carbocycles. The quantitative estimate of drug-likeness (QED) is 0.477. The van der Waals surface area contributed by atoms with Crippen molar-refractivity contribution in [2.45, 2.75) is 25.9 Å². The first kappa shape index (κ1) is 11.6. The maximum absolute atomic E-state index is 5.53. The van der Waals surface area contributed by atoms with E-state index >= 15 is 0 Å². The van der Waals surface area contributed by atoms with Crippen molar-refractivity contribution in [1.82, 2.24) is 0 Å². The molecule has 68 valence electrons. The Morgan fingerprint density at radius 3 is 2.45 bits per heavy atom. The van der Waals surface area contributed by atoms with Gasteiger partial charge in [-0.1, -0.05) is 0 Å². The highest BCUT2D eigenvalue weighted by Gasteiger charge is 2.14. The van der Waals surface area contributed by atoms with E-state index in [1.165, 1.54) is 0 Å². The number of methoxy groups -OCH3 is 1. The molecule has 0 aromatic carbocycles. The second kappa shape index (κ2) is 6.15. The summed E-state index contributed by atoms with van der Waals surface area (Å²) in [7, 11) is 1.76. The van der Waals surface area contributed by atoms with E-state index in [-0.39, 0.29) is 5.60 Å². The van der Waals surface area contributed by atoms with Crippen LogP contribution in [0.5, 0.6) is 0 Å². The van der Waals surface area contributed by atoms with E-state index in [1.54, 1.807) is 7.11 Å². The fraction of sp³-hybridized carbons (Fsp3) is 1.00. The number of hydrogen-bond donors (Lipinski definition) is 0. The standard InChI is InChI=1S/C8H17ClOS/c1-8(2,10-3)4-6-11-7-5-9/h4-7H2,1-3H3. The van der Waals surface area contributed by atoms with Gasteiger partial charge in [0, 0.05) is 18.7 Å². The van der Waals surface area contributed by atoms with E-state index < -0.39 is 0 Å². The summed E-state index contributed by atoms with van der Waals surface area (Å²) in [6.45, 7) is 4.21. The molecule has 0 unspecified atom stereocenters. The third kappa shape index (κ3) is 6.98. The van der Waals surface area contributed by atoms with E-state index in [9.17, 15) is 0 Å². The van der Waals surface area contributed by atoms with Crippen molar-refractivity contribution in [2.75, 3.05) is 24.5 Å². The fourth-order valence-electron chi connectivity index (χ4n) is 0.577. The molecule has 3 heteroatoms. The molecular formula is C8H17ClOS. The van der Waals surface area contributed by atoms with Crippen LogP contribution in [0.4, 0.5) is 0 Å². The summed E-state index contributed by atoms with van der Waals surface area (Å²) in [5.74, 6) is 2.92. The van der Waals surface area contributed by atoms with Gasteiger partial charge >= 0.3 is 0 Å². The van der Waals surface area contributed by atoms with Gasteiger partial charge < -0.3 is 4.74 Å². The van der Waals surface area contributed by atoms with Crippen LogP contribution in [0.25, 0.3) is 0 Å². The lowest BCUT2D eigenvalue weighted by Crippen LogP contribution is -2.23. The highest BCUT2D eigenvalue weighted by Crippen LogP contribution is 2.16. The summed E-state index contributed by atoms with van der Waals surface area (Å²) in [4.78, 5) is 0. The Morgan fingerprint density at radius 1 is 1.36 bits per heavy atom. The van der Waals surface area contributed by atoms with Crippen molar-refractivity contribution in [3.05, 3.63) is 0 Å². The minimum atomic E-state index is 0.0271. The smallest absolute Gasteiger partial charge is 0.0630 e. The van der Waals surface area contributed by atoms with Gasteiger partial charge in [-0.05, 0) is 26.0 Å². The lowest BCUT2D eigenvalue weighted by molar-refractivity contribution is 0.0207.